The number of carbonyl (C=O) groups excluding carboxylic acids is 2. The molecule has 2 aromatic heterocycles. The molecule has 0 aromatic carbocycles. The molecule has 0 radical (unpaired) electrons. The van der Waals surface area contributed by atoms with Crippen molar-refractivity contribution in [3.63, 3.8) is 0 Å². The summed E-state index contributed by atoms with van der Waals surface area (Å²) in [5.74, 6) is -0.633. The molecule has 1 amide bonds. The Kier molecular flexibility index (Phi) is 4.14. The minimum absolute atomic E-state index is 0.0921. The first-order valence-electron chi connectivity index (χ1n) is 5.82. The number of amides is 1. The molecular formula is C12H14N4O3S. The van der Waals surface area contributed by atoms with Crippen LogP contribution in [0.1, 0.15) is 21.7 Å². The fraction of sp³-hybridized carbons (Fsp3) is 0.333. The van der Waals surface area contributed by atoms with Crippen molar-refractivity contribution in [2.45, 2.75) is 13.3 Å². The second kappa shape index (κ2) is 5.83. The van der Waals surface area contributed by atoms with Crippen LogP contribution in [-0.2, 0) is 23.0 Å². The topological polar surface area (TPSA) is 86.1 Å². The number of rotatable bonds is 4. The standard InChI is InChI=1S/C12H14N4O3S/c1-7-9(5-13-16(7)2)11(18)15-12-14-8(6-20-12)4-10(17)19-3/h5-6H,4H2,1-3H3,(H,14,15,18). The Morgan fingerprint density at radius 1 is 1.50 bits per heavy atom. The van der Waals surface area contributed by atoms with Crippen molar-refractivity contribution in [2.75, 3.05) is 12.4 Å². The molecule has 106 valence electrons. The molecule has 0 aliphatic heterocycles. The van der Waals surface area contributed by atoms with Crippen LogP contribution in [0.15, 0.2) is 11.6 Å². The zero-order chi connectivity index (χ0) is 14.7. The first-order chi connectivity index (χ1) is 9.51. The third-order valence-corrected chi connectivity index (χ3v) is 3.61. The van der Waals surface area contributed by atoms with Crippen molar-refractivity contribution in [3.8, 4) is 0 Å². The highest BCUT2D eigenvalue weighted by atomic mass is 32.1. The number of methoxy groups -OCH3 is 1. The lowest BCUT2D eigenvalue weighted by atomic mass is 10.2. The van der Waals surface area contributed by atoms with E-state index in [1.54, 1.807) is 17.1 Å². The van der Waals surface area contributed by atoms with E-state index >= 15 is 0 Å². The normalized spacial score (nSPS) is 10.3. The number of carbonyl (C=O) groups is 2. The SMILES string of the molecule is COC(=O)Cc1csc(NC(=O)c2cnn(C)c2C)n1. The molecular weight excluding hydrogens is 280 g/mol. The molecule has 2 rings (SSSR count). The Morgan fingerprint density at radius 2 is 2.25 bits per heavy atom. The predicted molar refractivity (Wildman–Crippen MR) is 73.7 cm³/mol. The van der Waals surface area contributed by atoms with E-state index in [0.29, 0.717) is 16.4 Å². The monoisotopic (exact) mass is 294 g/mol. The Morgan fingerprint density at radius 3 is 2.85 bits per heavy atom. The van der Waals surface area contributed by atoms with Gasteiger partial charge in [-0.25, -0.2) is 4.98 Å². The number of ether oxygens (including phenoxy) is 1. The highest BCUT2D eigenvalue weighted by molar-refractivity contribution is 7.14. The zero-order valence-corrected chi connectivity index (χ0v) is 12.2. The van der Waals surface area contributed by atoms with Crippen LogP contribution in [0.5, 0.6) is 0 Å². The summed E-state index contributed by atoms with van der Waals surface area (Å²) in [6.45, 7) is 1.81. The number of nitrogens with one attached hydrogen (secondary N) is 1. The maximum Gasteiger partial charge on any atom is 0.311 e. The second-order valence-electron chi connectivity index (χ2n) is 4.12. The summed E-state index contributed by atoms with van der Waals surface area (Å²) >= 11 is 1.26. The van der Waals surface area contributed by atoms with E-state index < -0.39 is 0 Å². The molecule has 8 heteroatoms. The average molecular weight is 294 g/mol. The van der Waals surface area contributed by atoms with Gasteiger partial charge in [-0.2, -0.15) is 5.10 Å². The molecule has 20 heavy (non-hydrogen) atoms. The molecule has 0 atom stereocenters. The molecule has 0 fully saturated rings. The quantitative estimate of drug-likeness (QED) is 0.855. The van der Waals surface area contributed by atoms with Crippen LogP contribution in [0.25, 0.3) is 0 Å². The molecule has 0 saturated heterocycles. The second-order valence-corrected chi connectivity index (χ2v) is 4.98. The van der Waals surface area contributed by atoms with Crippen molar-refractivity contribution in [1.82, 2.24) is 14.8 Å². The van der Waals surface area contributed by atoms with Crippen LogP contribution >= 0.6 is 11.3 Å². The van der Waals surface area contributed by atoms with Gasteiger partial charge in [0.1, 0.15) is 0 Å². The lowest BCUT2D eigenvalue weighted by Crippen LogP contribution is -2.13. The highest BCUT2D eigenvalue weighted by Gasteiger charge is 2.15. The number of aromatic nitrogens is 3. The van der Waals surface area contributed by atoms with Gasteiger partial charge in [0.15, 0.2) is 5.13 Å². The van der Waals surface area contributed by atoms with Crippen LogP contribution < -0.4 is 5.32 Å². The van der Waals surface area contributed by atoms with E-state index in [1.165, 1.54) is 24.6 Å². The minimum Gasteiger partial charge on any atom is -0.469 e. The molecule has 2 heterocycles. The number of hydrogen-bond acceptors (Lipinski definition) is 6. The van der Waals surface area contributed by atoms with Gasteiger partial charge in [-0.3, -0.25) is 19.6 Å². The number of nitrogens with zero attached hydrogens (tertiary/aromatic N) is 3. The number of anilines is 1. The molecule has 0 spiro atoms. The van der Waals surface area contributed by atoms with Gasteiger partial charge in [0.2, 0.25) is 0 Å². The van der Waals surface area contributed by atoms with Crippen LogP contribution in [0.4, 0.5) is 5.13 Å². The Labute approximate surface area is 119 Å². The lowest BCUT2D eigenvalue weighted by molar-refractivity contribution is -0.139. The minimum atomic E-state index is -0.365. The van der Waals surface area contributed by atoms with Crippen molar-refractivity contribution >= 4 is 28.3 Å². The fourth-order valence-electron chi connectivity index (χ4n) is 1.55. The predicted octanol–water partition coefficient (Wildman–Crippen LogP) is 1.15. The van der Waals surface area contributed by atoms with Crippen molar-refractivity contribution in [3.05, 3.63) is 28.5 Å². The van der Waals surface area contributed by atoms with Gasteiger partial charge in [-0.05, 0) is 6.92 Å². The average Bonchev–Trinajstić information content (AvgIpc) is 2.98. The van der Waals surface area contributed by atoms with Crippen molar-refractivity contribution < 1.29 is 14.3 Å². The summed E-state index contributed by atoms with van der Waals surface area (Å²) in [5, 5.41) is 8.85. The third-order valence-electron chi connectivity index (χ3n) is 2.81. The molecule has 0 aliphatic rings. The van der Waals surface area contributed by atoms with Crippen molar-refractivity contribution in [2.24, 2.45) is 7.05 Å². The number of thiazole rings is 1. The van der Waals surface area contributed by atoms with E-state index in [-0.39, 0.29) is 18.3 Å². The van der Waals surface area contributed by atoms with E-state index in [4.69, 9.17) is 0 Å². The molecule has 0 saturated carbocycles. The van der Waals surface area contributed by atoms with Gasteiger partial charge in [-0.15, -0.1) is 11.3 Å². The maximum absolute atomic E-state index is 12.0. The summed E-state index contributed by atoms with van der Waals surface area (Å²) < 4.78 is 6.18. The van der Waals surface area contributed by atoms with E-state index in [2.05, 4.69) is 20.1 Å². The van der Waals surface area contributed by atoms with Crippen LogP contribution in [0, 0.1) is 6.92 Å². The lowest BCUT2D eigenvalue weighted by Gasteiger charge is -2.00. The molecule has 0 bridgehead atoms. The summed E-state index contributed by atoms with van der Waals surface area (Å²) in [4.78, 5) is 27.3. The smallest absolute Gasteiger partial charge is 0.311 e. The Bertz CT molecular complexity index is 647. The van der Waals surface area contributed by atoms with Crippen LogP contribution in [0.2, 0.25) is 0 Å². The molecule has 0 unspecified atom stereocenters. The van der Waals surface area contributed by atoms with Gasteiger partial charge < -0.3 is 4.74 Å². The molecule has 7 nitrogen and oxygen atoms in total. The highest BCUT2D eigenvalue weighted by Crippen LogP contribution is 2.17. The summed E-state index contributed by atoms with van der Waals surface area (Å²) in [6, 6.07) is 0. The van der Waals surface area contributed by atoms with Gasteiger partial charge in [0.05, 0.1) is 31.0 Å². The first-order valence-corrected chi connectivity index (χ1v) is 6.70. The number of esters is 1. The largest absolute Gasteiger partial charge is 0.469 e. The van der Waals surface area contributed by atoms with Gasteiger partial charge in [0, 0.05) is 18.1 Å². The summed E-state index contributed by atoms with van der Waals surface area (Å²) in [6.07, 6.45) is 1.60. The number of aryl methyl sites for hydroxylation is 1. The van der Waals surface area contributed by atoms with Gasteiger partial charge >= 0.3 is 5.97 Å². The fourth-order valence-corrected chi connectivity index (χ4v) is 2.26. The van der Waals surface area contributed by atoms with Gasteiger partial charge in [-0.1, -0.05) is 0 Å². The third kappa shape index (κ3) is 3.02. The van der Waals surface area contributed by atoms with E-state index in [0.717, 1.165) is 5.69 Å². The van der Waals surface area contributed by atoms with Crippen LogP contribution in [0.3, 0.4) is 0 Å². The number of hydrogen-bond donors (Lipinski definition) is 1. The van der Waals surface area contributed by atoms with Crippen LogP contribution in [-0.4, -0.2) is 33.8 Å². The van der Waals surface area contributed by atoms with Crippen molar-refractivity contribution in [1.29, 1.82) is 0 Å². The molecule has 1 N–H and O–H groups in total. The van der Waals surface area contributed by atoms with Gasteiger partial charge in [0.25, 0.3) is 5.91 Å². The first kappa shape index (κ1) is 14.2. The molecule has 0 aliphatic carbocycles. The maximum atomic E-state index is 12.0. The molecule has 2 aromatic rings. The summed E-state index contributed by atoms with van der Waals surface area (Å²) in [5.41, 5.74) is 1.84. The Hall–Kier alpha value is -2.22. The van der Waals surface area contributed by atoms with E-state index in [9.17, 15) is 9.59 Å². The zero-order valence-electron chi connectivity index (χ0n) is 11.3. The summed E-state index contributed by atoms with van der Waals surface area (Å²) in [7, 11) is 3.09. The van der Waals surface area contributed by atoms with E-state index in [1.807, 2.05) is 6.92 Å². The Balaban J connectivity index is 2.05.